The molecule has 104 valence electrons. The average Bonchev–Trinajstić information content (AvgIpc) is 2.68. The molecular formula is C12H14ClNO4S. The van der Waals surface area contributed by atoms with Crippen molar-refractivity contribution in [2.24, 2.45) is 0 Å². The van der Waals surface area contributed by atoms with E-state index in [1.165, 1.54) is 6.07 Å². The van der Waals surface area contributed by atoms with E-state index in [9.17, 15) is 18.3 Å². The molecule has 1 aliphatic rings. The Hall–Kier alpha value is -1.27. The molecule has 1 heterocycles. The van der Waals surface area contributed by atoms with Gasteiger partial charge >= 0.3 is 5.97 Å². The van der Waals surface area contributed by atoms with Crippen LogP contribution in [-0.4, -0.2) is 44.1 Å². The molecule has 1 aliphatic heterocycles. The number of carboxylic acid groups (broad SMARTS) is 1. The Morgan fingerprint density at radius 3 is 2.68 bits per heavy atom. The minimum Gasteiger partial charge on any atom is -0.478 e. The summed E-state index contributed by atoms with van der Waals surface area (Å²) in [4.78, 5) is 12.9. The predicted octanol–water partition coefficient (Wildman–Crippen LogP) is 1.66. The molecule has 0 spiro atoms. The molecule has 0 amide bonds. The Kier molecular flexibility index (Phi) is 3.73. The first-order valence-corrected chi connectivity index (χ1v) is 7.96. The molecule has 0 aromatic heterocycles. The molecule has 1 saturated heterocycles. The zero-order chi connectivity index (χ0) is 14.2. The Morgan fingerprint density at radius 2 is 2.16 bits per heavy atom. The lowest BCUT2D eigenvalue weighted by Gasteiger charge is -2.27. The summed E-state index contributed by atoms with van der Waals surface area (Å²) in [5.41, 5.74) is 0.568. The SMILES string of the molecule is CN(c1ccc(Cl)cc1C(=O)O)C1CCS(=O)(=O)C1. The maximum Gasteiger partial charge on any atom is 0.337 e. The topological polar surface area (TPSA) is 74.7 Å². The molecule has 1 atom stereocenters. The van der Waals surface area contributed by atoms with Crippen molar-refractivity contribution in [2.75, 3.05) is 23.5 Å². The average molecular weight is 304 g/mol. The van der Waals surface area contributed by atoms with E-state index in [4.69, 9.17) is 11.6 Å². The van der Waals surface area contributed by atoms with Gasteiger partial charge in [-0.05, 0) is 24.6 Å². The number of aromatic carboxylic acids is 1. The van der Waals surface area contributed by atoms with Crippen molar-refractivity contribution < 1.29 is 18.3 Å². The molecule has 0 saturated carbocycles. The number of benzene rings is 1. The predicted molar refractivity (Wildman–Crippen MR) is 73.9 cm³/mol. The van der Waals surface area contributed by atoms with Crippen LogP contribution in [0.1, 0.15) is 16.8 Å². The Morgan fingerprint density at radius 1 is 1.47 bits per heavy atom. The zero-order valence-corrected chi connectivity index (χ0v) is 11.9. The summed E-state index contributed by atoms with van der Waals surface area (Å²) < 4.78 is 23.0. The van der Waals surface area contributed by atoms with Crippen LogP contribution in [0.15, 0.2) is 18.2 Å². The van der Waals surface area contributed by atoms with Gasteiger partial charge in [0.25, 0.3) is 0 Å². The number of rotatable bonds is 3. The molecule has 1 aromatic carbocycles. The van der Waals surface area contributed by atoms with E-state index in [1.54, 1.807) is 24.1 Å². The lowest BCUT2D eigenvalue weighted by Crippen LogP contribution is -2.33. The van der Waals surface area contributed by atoms with Crippen LogP contribution in [0.4, 0.5) is 5.69 Å². The van der Waals surface area contributed by atoms with Gasteiger partial charge in [0.1, 0.15) is 0 Å². The zero-order valence-electron chi connectivity index (χ0n) is 10.3. The van der Waals surface area contributed by atoms with Crippen molar-refractivity contribution in [3.63, 3.8) is 0 Å². The summed E-state index contributed by atoms with van der Waals surface area (Å²) in [5, 5.41) is 9.52. The van der Waals surface area contributed by atoms with Crippen LogP contribution >= 0.6 is 11.6 Å². The van der Waals surface area contributed by atoms with Gasteiger partial charge in [-0.2, -0.15) is 0 Å². The van der Waals surface area contributed by atoms with Crippen LogP contribution in [0.2, 0.25) is 5.02 Å². The van der Waals surface area contributed by atoms with E-state index in [2.05, 4.69) is 0 Å². The first kappa shape index (κ1) is 14.1. The minimum atomic E-state index is -3.00. The fraction of sp³-hybridized carbons (Fsp3) is 0.417. The van der Waals surface area contributed by atoms with Gasteiger partial charge in [-0.3, -0.25) is 0 Å². The molecule has 0 bridgehead atoms. The monoisotopic (exact) mass is 303 g/mol. The van der Waals surface area contributed by atoms with E-state index in [1.807, 2.05) is 0 Å². The number of carboxylic acids is 1. The molecule has 1 N–H and O–H groups in total. The molecule has 0 aliphatic carbocycles. The van der Waals surface area contributed by atoms with Gasteiger partial charge in [-0.15, -0.1) is 0 Å². The van der Waals surface area contributed by atoms with Gasteiger partial charge in [0.05, 0.1) is 22.8 Å². The third-order valence-corrected chi connectivity index (χ3v) is 5.31. The van der Waals surface area contributed by atoms with E-state index >= 15 is 0 Å². The van der Waals surface area contributed by atoms with E-state index < -0.39 is 15.8 Å². The second-order valence-electron chi connectivity index (χ2n) is 4.63. The summed E-state index contributed by atoms with van der Waals surface area (Å²) in [6, 6.07) is 4.39. The lowest BCUT2D eigenvalue weighted by molar-refractivity contribution is 0.0697. The quantitative estimate of drug-likeness (QED) is 0.919. The molecule has 1 fully saturated rings. The maximum atomic E-state index is 11.5. The second-order valence-corrected chi connectivity index (χ2v) is 7.30. The summed E-state index contributed by atoms with van der Waals surface area (Å²) >= 11 is 5.79. The second kappa shape index (κ2) is 5.02. The van der Waals surface area contributed by atoms with Crippen LogP contribution in [-0.2, 0) is 9.84 Å². The van der Waals surface area contributed by atoms with E-state index in [0.717, 1.165) is 0 Å². The first-order chi connectivity index (χ1) is 8.80. The highest BCUT2D eigenvalue weighted by Crippen LogP contribution is 2.28. The van der Waals surface area contributed by atoms with Crippen molar-refractivity contribution in [3.05, 3.63) is 28.8 Å². The third-order valence-electron chi connectivity index (χ3n) is 3.33. The van der Waals surface area contributed by atoms with Crippen LogP contribution in [0.5, 0.6) is 0 Å². The highest BCUT2D eigenvalue weighted by molar-refractivity contribution is 7.91. The normalized spacial score (nSPS) is 21.3. The Bertz CT molecular complexity index is 614. The molecule has 5 nitrogen and oxygen atoms in total. The smallest absolute Gasteiger partial charge is 0.337 e. The number of halogens is 1. The van der Waals surface area contributed by atoms with Crippen LogP contribution < -0.4 is 4.90 Å². The molecule has 1 aromatic rings. The Balaban J connectivity index is 2.34. The Labute approximate surface area is 116 Å². The van der Waals surface area contributed by atoms with Gasteiger partial charge in [0, 0.05) is 18.1 Å². The summed E-state index contributed by atoms with van der Waals surface area (Å²) in [6.45, 7) is 0. The van der Waals surface area contributed by atoms with Gasteiger partial charge in [0.15, 0.2) is 9.84 Å². The lowest BCUT2D eigenvalue weighted by atomic mass is 10.1. The molecular weight excluding hydrogens is 290 g/mol. The number of nitrogens with zero attached hydrogens (tertiary/aromatic N) is 1. The van der Waals surface area contributed by atoms with Gasteiger partial charge < -0.3 is 10.0 Å². The fourth-order valence-electron chi connectivity index (χ4n) is 2.26. The van der Waals surface area contributed by atoms with Gasteiger partial charge in [-0.25, -0.2) is 13.2 Å². The number of carbonyl (C=O) groups is 1. The maximum absolute atomic E-state index is 11.5. The van der Waals surface area contributed by atoms with E-state index in [0.29, 0.717) is 17.1 Å². The van der Waals surface area contributed by atoms with E-state index in [-0.39, 0.29) is 23.1 Å². The van der Waals surface area contributed by atoms with Gasteiger partial charge in [0.2, 0.25) is 0 Å². The van der Waals surface area contributed by atoms with Crippen molar-refractivity contribution in [2.45, 2.75) is 12.5 Å². The summed E-state index contributed by atoms with van der Waals surface area (Å²) in [7, 11) is -1.30. The molecule has 7 heteroatoms. The molecule has 19 heavy (non-hydrogen) atoms. The fourth-order valence-corrected chi connectivity index (χ4v) is 4.21. The summed E-state index contributed by atoms with van der Waals surface area (Å²) in [6.07, 6.45) is 0.514. The molecule has 2 rings (SSSR count). The number of hydrogen-bond acceptors (Lipinski definition) is 4. The van der Waals surface area contributed by atoms with Crippen LogP contribution in [0, 0.1) is 0 Å². The summed E-state index contributed by atoms with van der Waals surface area (Å²) in [5.74, 6) is -0.867. The number of anilines is 1. The van der Waals surface area contributed by atoms with Crippen molar-refractivity contribution >= 4 is 33.1 Å². The molecule has 0 radical (unpaired) electrons. The minimum absolute atomic E-state index is 0.0607. The van der Waals surface area contributed by atoms with Crippen LogP contribution in [0.25, 0.3) is 0 Å². The highest BCUT2D eigenvalue weighted by atomic mass is 35.5. The van der Waals surface area contributed by atoms with Gasteiger partial charge in [-0.1, -0.05) is 11.6 Å². The van der Waals surface area contributed by atoms with Crippen molar-refractivity contribution in [1.29, 1.82) is 0 Å². The van der Waals surface area contributed by atoms with Crippen molar-refractivity contribution in [1.82, 2.24) is 0 Å². The standard InChI is InChI=1S/C12H14ClNO4S/c1-14(9-4-5-19(17,18)7-9)11-3-2-8(13)6-10(11)12(15)16/h2-3,6,9H,4-5,7H2,1H3,(H,15,16). The third kappa shape index (κ3) is 3.01. The largest absolute Gasteiger partial charge is 0.478 e. The molecule has 1 unspecified atom stereocenters. The van der Waals surface area contributed by atoms with Crippen molar-refractivity contribution in [3.8, 4) is 0 Å². The van der Waals surface area contributed by atoms with Crippen LogP contribution in [0.3, 0.4) is 0 Å². The number of hydrogen-bond donors (Lipinski definition) is 1. The highest BCUT2D eigenvalue weighted by Gasteiger charge is 2.32. The first-order valence-electron chi connectivity index (χ1n) is 5.76. The number of sulfone groups is 1.